The molecule has 216 valence electrons. The Bertz CT molecular complexity index is 1540. The Morgan fingerprint density at radius 2 is 1.61 bits per heavy atom. The van der Waals surface area contributed by atoms with Crippen LogP contribution in [0, 0.1) is 11.8 Å². The molecule has 41 heavy (non-hydrogen) atoms. The smallest absolute Gasteiger partial charge is 0.329 e. The summed E-state index contributed by atoms with van der Waals surface area (Å²) in [6.45, 7) is 0.244. The predicted molar refractivity (Wildman–Crippen MR) is 150 cm³/mol. The molecule has 3 amide bonds. The molecule has 1 heterocycles. The number of para-hydroxylation sites is 1. The van der Waals surface area contributed by atoms with Gasteiger partial charge in [0.05, 0.1) is 23.2 Å². The summed E-state index contributed by atoms with van der Waals surface area (Å²) in [5, 5.41) is 14.7. The molecule has 12 nitrogen and oxygen atoms in total. The fourth-order valence-electron chi connectivity index (χ4n) is 5.26. The lowest BCUT2D eigenvalue weighted by Crippen LogP contribution is -2.53. The second kappa shape index (κ2) is 13.1. The van der Waals surface area contributed by atoms with Gasteiger partial charge in [0.1, 0.15) is 12.1 Å². The van der Waals surface area contributed by atoms with Gasteiger partial charge in [0.25, 0.3) is 5.56 Å². The first-order chi connectivity index (χ1) is 19.6. The van der Waals surface area contributed by atoms with Gasteiger partial charge in [0.2, 0.25) is 17.7 Å². The van der Waals surface area contributed by atoms with Gasteiger partial charge in [-0.25, -0.2) is 9.36 Å². The highest BCUT2D eigenvalue weighted by atomic mass is 16.4. The van der Waals surface area contributed by atoms with Crippen LogP contribution >= 0.6 is 0 Å². The molecule has 1 aliphatic rings. The van der Waals surface area contributed by atoms with Gasteiger partial charge in [0, 0.05) is 13.0 Å². The number of nitrogens with two attached hydrogens (primary N) is 1. The van der Waals surface area contributed by atoms with Crippen LogP contribution in [0.15, 0.2) is 64.2 Å². The molecule has 1 aromatic heterocycles. The summed E-state index contributed by atoms with van der Waals surface area (Å²) >= 11 is 0. The number of carboxylic acid groups (broad SMARTS) is 1. The Morgan fingerprint density at radius 1 is 0.951 bits per heavy atom. The van der Waals surface area contributed by atoms with Crippen molar-refractivity contribution in [3.8, 4) is 0 Å². The SMILES string of the molecule is NC(=O)CC(NC(=O)C(Cc1ccccc1)n1c(=O)[nH]c2ccccc2c1=O)C(=O)NCC1CCC(C(=O)O)CC1. The zero-order chi connectivity index (χ0) is 29.5. The summed E-state index contributed by atoms with van der Waals surface area (Å²) in [6.07, 6.45) is 1.73. The molecule has 1 fully saturated rings. The van der Waals surface area contributed by atoms with Crippen LogP contribution in [0.3, 0.4) is 0 Å². The molecule has 4 rings (SSSR count). The number of aromatic nitrogens is 2. The molecule has 2 atom stereocenters. The number of aromatic amines is 1. The number of rotatable bonds is 11. The number of aliphatic carboxylic acids is 1. The minimum Gasteiger partial charge on any atom is -0.481 e. The maximum Gasteiger partial charge on any atom is 0.329 e. The number of fused-ring (bicyclic) bond motifs is 1. The van der Waals surface area contributed by atoms with Gasteiger partial charge in [0.15, 0.2) is 0 Å². The molecule has 2 aromatic carbocycles. The topological polar surface area (TPSA) is 193 Å². The second-order valence-electron chi connectivity index (χ2n) is 10.4. The number of carboxylic acids is 1. The summed E-state index contributed by atoms with van der Waals surface area (Å²) in [6, 6.07) is 12.5. The average Bonchev–Trinajstić information content (AvgIpc) is 2.95. The zero-order valence-corrected chi connectivity index (χ0v) is 22.4. The highest BCUT2D eigenvalue weighted by Gasteiger charge is 2.31. The fourth-order valence-corrected chi connectivity index (χ4v) is 5.26. The lowest BCUT2D eigenvalue weighted by Gasteiger charge is -2.27. The first kappa shape index (κ1) is 29.2. The number of hydrogen-bond donors (Lipinski definition) is 5. The lowest BCUT2D eigenvalue weighted by atomic mass is 9.82. The number of nitrogens with one attached hydrogen (secondary N) is 3. The van der Waals surface area contributed by atoms with Crippen LogP contribution in [0.4, 0.5) is 0 Å². The van der Waals surface area contributed by atoms with E-state index in [2.05, 4.69) is 15.6 Å². The average molecular weight is 564 g/mol. The normalized spacial score (nSPS) is 18.2. The number of primary amides is 1. The number of benzene rings is 2. The maximum atomic E-state index is 13.7. The largest absolute Gasteiger partial charge is 0.481 e. The van der Waals surface area contributed by atoms with Crippen molar-refractivity contribution < 1.29 is 24.3 Å². The van der Waals surface area contributed by atoms with Crippen LogP contribution in [-0.4, -0.2) is 50.9 Å². The molecule has 2 unspecified atom stereocenters. The van der Waals surface area contributed by atoms with Gasteiger partial charge in [-0.2, -0.15) is 0 Å². The van der Waals surface area contributed by atoms with E-state index in [1.54, 1.807) is 48.5 Å². The summed E-state index contributed by atoms with van der Waals surface area (Å²) in [5.74, 6) is -3.44. The van der Waals surface area contributed by atoms with Crippen LogP contribution in [-0.2, 0) is 25.6 Å². The number of H-pyrrole nitrogens is 1. The van der Waals surface area contributed by atoms with Gasteiger partial charge < -0.3 is 26.5 Å². The van der Waals surface area contributed by atoms with Crippen LogP contribution < -0.4 is 27.6 Å². The number of amides is 3. The number of carbonyl (C=O) groups excluding carboxylic acids is 3. The Labute approximate surface area is 234 Å². The molecule has 0 saturated heterocycles. The van der Waals surface area contributed by atoms with Gasteiger partial charge in [-0.3, -0.25) is 24.0 Å². The van der Waals surface area contributed by atoms with Gasteiger partial charge in [-0.05, 0) is 49.3 Å². The molecule has 0 radical (unpaired) electrons. The lowest BCUT2D eigenvalue weighted by molar-refractivity contribution is -0.143. The van der Waals surface area contributed by atoms with E-state index in [-0.39, 0.29) is 24.3 Å². The summed E-state index contributed by atoms with van der Waals surface area (Å²) in [4.78, 5) is 78.9. The van der Waals surface area contributed by atoms with E-state index >= 15 is 0 Å². The molecular formula is C29H33N5O7. The van der Waals surface area contributed by atoms with Gasteiger partial charge >= 0.3 is 11.7 Å². The van der Waals surface area contributed by atoms with Crippen molar-refractivity contribution in [2.45, 2.75) is 50.6 Å². The number of nitrogens with zero attached hydrogens (tertiary/aromatic N) is 1. The summed E-state index contributed by atoms with van der Waals surface area (Å²) in [7, 11) is 0. The Morgan fingerprint density at radius 3 is 2.27 bits per heavy atom. The predicted octanol–water partition coefficient (Wildman–Crippen LogP) is 0.841. The van der Waals surface area contributed by atoms with Crippen molar-refractivity contribution in [1.82, 2.24) is 20.2 Å². The van der Waals surface area contributed by atoms with E-state index in [0.29, 0.717) is 36.8 Å². The van der Waals surface area contributed by atoms with Crippen molar-refractivity contribution in [3.63, 3.8) is 0 Å². The molecular weight excluding hydrogens is 530 g/mol. The third-order valence-corrected chi connectivity index (χ3v) is 7.52. The standard InChI is InChI=1S/C29H33N5O7/c30-24(35)15-22(25(36)31-16-18-10-12-19(13-11-18)28(39)40)32-26(37)23(14-17-6-2-1-3-7-17)34-27(38)20-8-4-5-9-21(20)33-29(34)41/h1-9,18-19,22-23H,10-16H2,(H2,30,35)(H,31,36)(H,32,37)(H,33,41)(H,39,40). The van der Waals surface area contributed by atoms with Crippen molar-refractivity contribution in [2.75, 3.05) is 6.54 Å². The molecule has 3 aromatic rings. The van der Waals surface area contributed by atoms with Crippen LogP contribution in [0.5, 0.6) is 0 Å². The Kier molecular flexibility index (Phi) is 9.33. The summed E-state index contributed by atoms with van der Waals surface area (Å²) in [5.41, 5.74) is 4.89. The maximum absolute atomic E-state index is 13.7. The Hall–Kier alpha value is -4.74. The van der Waals surface area contributed by atoms with Crippen LogP contribution in [0.25, 0.3) is 10.9 Å². The van der Waals surface area contributed by atoms with Gasteiger partial charge in [-0.15, -0.1) is 0 Å². The van der Waals surface area contributed by atoms with Crippen molar-refractivity contribution in [3.05, 3.63) is 81.0 Å². The zero-order valence-electron chi connectivity index (χ0n) is 22.4. The van der Waals surface area contributed by atoms with Crippen LogP contribution in [0.2, 0.25) is 0 Å². The number of carbonyl (C=O) groups is 4. The molecule has 1 aliphatic carbocycles. The molecule has 0 spiro atoms. The minimum absolute atomic E-state index is 0.0360. The molecule has 0 bridgehead atoms. The van der Waals surface area contributed by atoms with Crippen LogP contribution in [0.1, 0.15) is 43.7 Å². The van der Waals surface area contributed by atoms with Crippen molar-refractivity contribution in [1.29, 1.82) is 0 Å². The number of hydrogen-bond acceptors (Lipinski definition) is 6. The molecule has 12 heteroatoms. The third-order valence-electron chi connectivity index (χ3n) is 7.52. The quantitative estimate of drug-likeness (QED) is 0.228. The second-order valence-corrected chi connectivity index (χ2v) is 10.4. The monoisotopic (exact) mass is 563 g/mol. The Balaban J connectivity index is 1.57. The highest BCUT2D eigenvalue weighted by Crippen LogP contribution is 2.28. The fraction of sp³-hybridized carbons (Fsp3) is 0.379. The molecule has 6 N–H and O–H groups in total. The van der Waals surface area contributed by atoms with E-state index in [4.69, 9.17) is 5.73 Å². The van der Waals surface area contributed by atoms with E-state index in [9.17, 15) is 33.9 Å². The first-order valence-electron chi connectivity index (χ1n) is 13.5. The summed E-state index contributed by atoms with van der Waals surface area (Å²) < 4.78 is 0.824. The highest BCUT2D eigenvalue weighted by molar-refractivity contribution is 5.92. The van der Waals surface area contributed by atoms with Gasteiger partial charge in [-0.1, -0.05) is 42.5 Å². The molecule has 1 saturated carbocycles. The molecule has 0 aliphatic heterocycles. The van der Waals surface area contributed by atoms with E-state index in [1.807, 2.05) is 0 Å². The van der Waals surface area contributed by atoms with E-state index in [1.165, 1.54) is 6.07 Å². The minimum atomic E-state index is -1.34. The van der Waals surface area contributed by atoms with E-state index in [0.717, 1.165) is 4.57 Å². The van der Waals surface area contributed by atoms with E-state index < -0.39 is 59.4 Å². The third kappa shape index (κ3) is 7.27. The van der Waals surface area contributed by atoms with Crippen molar-refractivity contribution in [2.24, 2.45) is 17.6 Å². The van der Waals surface area contributed by atoms with Crippen molar-refractivity contribution >= 4 is 34.6 Å². The first-order valence-corrected chi connectivity index (χ1v) is 13.5.